The maximum absolute atomic E-state index is 4.45. The summed E-state index contributed by atoms with van der Waals surface area (Å²) in [6.07, 6.45) is 2.60. The molecule has 0 bridgehead atoms. The van der Waals surface area contributed by atoms with Crippen LogP contribution in [-0.4, -0.2) is 63.1 Å². The molecule has 0 aliphatic carbocycles. The molecule has 160 valence electrons. The zero-order chi connectivity index (χ0) is 19.8. The van der Waals surface area contributed by atoms with Gasteiger partial charge in [-0.25, -0.2) is 0 Å². The number of halogens is 1. The van der Waals surface area contributed by atoms with Crippen molar-refractivity contribution in [2.75, 3.05) is 47.3 Å². The van der Waals surface area contributed by atoms with Crippen LogP contribution >= 0.6 is 35.3 Å². The molecule has 1 fully saturated rings. The number of hydrogen-bond donors (Lipinski definition) is 2. The Hall–Kier alpha value is -1.16. The molecule has 1 saturated heterocycles. The molecule has 2 heterocycles. The lowest BCUT2D eigenvalue weighted by molar-refractivity contribution is 0.248. The van der Waals surface area contributed by atoms with Crippen LogP contribution < -0.4 is 10.6 Å². The maximum atomic E-state index is 4.45. The van der Waals surface area contributed by atoms with Crippen molar-refractivity contribution in [3.63, 3.8) is 0 Å². The van der Waals surface area contributed by atoms with Gasteiger partial charge in [-0.2, -0.15) is 0 Å². The van der Waals surface area contributed by atoms with E-state index in [-0.39, 0.29) is 24.0 Å². The number of likely N-dealkylation sites (tertiary alicyclic amines) is 1. The Balaban J connectivity index is 0.00000300. The van der Waals surface area contributed by atoms with E-state index in [0.29, 0.717) is 12.1 Å². The van der Waals surface area contributed by atoms with Crippen LogP contribution in [0.5, 0.6) is 0 Å². The summed E-state index contributed by atoms with van der Waals surface area (Å²) in [7, 11) is 6.09. The van der Waals surface area contributed by atoms with E-state index in [1.165, 1.54) is 36.4 Å². The maximum Gasteiger partial charge on any atom is 0.191 e. The largest absolute Gasteiger partial charge is 0.354 e. The van der Waals surface area contributed by atoms with Crippen LogP contribution in [0.4, 0.5) is 0 Å². The highest BCUT2D eigenvalue weighted by molar-refractivity contribution is 14.0. The summed E-state index contributed by atoms with van der Waals surface area (Å²) < 4.78 is 0. The summed E-state index contributed by atoms with van der Waals surface area (Å²) in [5.74, 6) is 0.864. The van der Waals surface area contributed by atoms with Gasteiger partial charge in [0.1, 0.15) is 0 Å². The average Bonchev–Trinajstić information content (AvgIpc) is 3.42. The van der Waals surface area contributed by atoms with E-state index in [2.05, 4.69) is 87.4 Å². The number of thiophene rings is 1. The van der Waals surface area contributed by atoms with Gasteiger partial charge in [-0.1, -0.05) is 36.4 Å². The molecule has 0 radical (unpaired) electrons. The quantitative estimate of drug-likeness (QED) is 0.310. The molecule has 2 aromatic rings. The van der Waals surface area contributed by atoms with E-state index in [9.17, 15) is 0 Å². The summed E-state index contributed by atoms with van der Waals surface area (Å²) in [5, 5.41) is 9.26. The SMILES string of the molecule is CN=C(NCC(c1ccccc1)N(C)C)NCC(c1cccs1)N1CCCC1.I. The first kappa shape index (κ1) is 24.1. The molecule has 0 amide bonds. The van der Waals surface area contributed by atoms with Crippen molar-refractivity contribution in [3.8, 4) is 0 Å². The van der Waals surface area contributed by atoms with Crippen molar-refractivity contribution in [2.45, 2.75) is 24.9 Å². The van der Waals surface area contributed by atoms with E-state index < -0.39 is 0 Å². The van der Waals surface area contributed by atoms with Crippen LogP contribution in [0.25, 0.3) is 0 Å². The van der Waals surface area contributed by atoms with Crippen molar-refractivity contribution >= 4 is 41.3 Å². The van der Waals surface area contributed by atoms with E-state index in [1.54, 1.807) is 0 Å². The van der Waals surface area contributed by atoms with Gasteiger partial charge in [-0.3, -0.25) is 9.89 Å². The molecule has 2 unspecified atom stereocenters. The molecule has 3 rings (SSSR count). The second-order valence-electron chi connectivity index (χ2n) is 7.50. The number of guanidine groups is 1. The number of likely N-dealkylation sites (N-methyl/N-ethyl adjacent to an activating group) is 1. The van der Waals surface area contributed by atoms with E-state index in [4.69, 9.17) is 0 Å². The van der Waals surface area contributed by atoms with Crippen molar-refractivity contribution < 1.29 is 0 Å². The molecule has 1 aromatic carbocycles. The van der Waals surface area contributed by atoms with Gasteiger partial charge in [0.25, 0.3) is 0 Å². The fourth-order valence-electron chi connectivity index (χ4n) is 3.82. The Bertz CT molecular complexity index is 714. The molecule has 1 aliphatic heterocycles. The topological polar surface area (TPSA) is 42.9 Å². The van der Waals surface area contributed by atoms with Gasteiger partial charge in [0, 0.05) is 25.0 Å². The molecule has 0 spiro atoms. The zero-order valence-electron chi connectivity index (χ0n) is 17.7. The predicted octanol–water partition coefficient (Wildman–Crippen LogP) is 3.97. The summed E-state index contributed by atoms with van der Waals surface area (Å²) in [6.45, 7) is 4.06. The Morgan fingerprint density at radius 1 is 1.07 bits per heavy atom. The van der Waals surface area contributed by atoms with Crippen LogP contribution in [0.15, 0.2) is 52.8 Å². The smallest absolute Gasteiger partial charge is 0.191 e. The lowest BCUT2D eigenvalue weighted by atomic mass is 10.1. The van der Waals surface area contributed by atoms with Gasteiger partial charge in [0.05, 0.1) is 12.1 Å². The minimum atomic E-state index is 0. The predicted molar refractivity (Wildman–Crippen MR) is 136 cm³/mol. The molecular weight excluding hydrogens is 493 g/mol. The second-order valence-corrected chi connectivity index (χ2v) is 8.48. The summed E-state index contributed by atoms with van der Waals surface area (Å²) >= 11 is 1.85. The number of rotatable bonds is 8. The lowest BCUT2D eigenvalue weighted by Gasteiger charge is -2.29. The van der Waals surface area contributed by atoms with Crippen LogP contribution in [0.1, 0.15) is 35.4 Å². The highest BCUT2D eigenvalue weighted by Crippen LogP contribution is 2.27. The Morgan fingerprint density at radius 2 is 1.76 bits per heavy atom. The Labute approximate surface area is 196 Å². The number of hydrogen-bond acceptors (Lipinski definition) is 4. The molecule has 7 heteroatoms. The van der Waals surface area contributed by atoms with Gasteiger partial charge < -0.3 is 15.5 Å². The van der Waals surface area contributed by atoms with Gasteiger partial charge in [-0.05, 0) is 57.0 Å². The first-order valence-electron chi connectivity index (χ1n) is 10.1. The van der Waals surface area contributed by atoms with Gasteiger partial charge in [0.2, 0.25) is 0 Å². The third-order valence-electron chi connectivity index (χ3n) is 5.41. The number of benzene rings is 1. The highest BCUT2D eigenvalue weighted by atomic mass is 127. The lowest BCUT2D eigenvalue weighted by Crippen LogP contribution is -2.44. The Morgan fingerprint density at radius 3 is 2.34 bits per heavy atom. The highest BCUT2D eigenvalue weighted by Gasteiger charge is 2.24. The zero-order valence-corrected chi connectivity index (χ0v) is 20.8. The van der Waals surface area contributed by atoms with E-state index >= 15 is 0 Å². The fourth-order valence-corrected chi connectivity index (χ4v) is 4.69. The average molecular weight is 528 g/mol. The normalized spacial score (nSPS) is 17.0. The minimum Gasteiger partial charge on any atom is -0.354 e. The Kier molecular flexibility index (Phi) is 10.4. The van der Waals surface area contributed by atoms with Crippen LogP contribution in [0.3, 0.4) is 0 Å². The third kappa shape index (κ3) is 6.94. The molecule has 5 nitrogen and oxygen atoms in total. The van der Waals surface area contributed by atoms with Crippen LogP contribution in [0.2, 0.25) is 0 Å². The molecule has 1 aromatic heterocycles. The number of aliphatic imine (C=N–C) groups is 1. The van der Waals surface area contributed by atoms with Crippen molar-refractivity contribution in [1.29, 1.82) is 0 Å². The molecule has 29 heavy (non-hydrogen) atoms. The van der Waals surface area contributed by atoms with Crippen molar-refractivity contribution in [2.24, 2.45) is 4.99 Å². The van der Waals surface area contributed by atoms with Gasteiger partial charge in [-0.15, -0.1) is 35.3 Å². The summed E-state index contributed by atoms with van der Waals surface area (Å²) in [5.41, 5.74) is 1.31. The summed E-state index contributed by atoms with van der Waals surface area (Å²) in [4.78, 5) is 10.7. The molecule has 1 aliphatic rings. The summed E-state index contributed by atoms with van der Waals surface area (Å²) in [6, 6.07) is 15.7. The molecule has 2 atom stereocenters. The standard InChI is InChI=1S/C22H33N5S.HI/c1-23-22(24-16-19(26(2)3)18-10-5-4-6-11-18)25-17-20(21-12-9-15-28-21)27-13-7-8-14-27;/h4-6,9-12,15,19-20H,7-8,13-14,16-17H2,1-3H3,(H2,23,24,25);1H. The fraction of sp³-hybridized carbons (Fsp3) is 0.500. The third-order valence-corrected chi connectivity index (χ3v) is 6.38. The van der Waals surface area contributed by atoms with Gasteiger partial charge >= 0.3 is 0 Å². The van der Waals surface area contributed by atoms with Crippen molar-refractivity contribution in [1.82, 2.24) is 20.4 Å². The number of nitrogens with one attached hydrogen (secondary N) is 2. The second kappa shape index (κ2) is 12.5. The first-order valence-corrected chi connectivity index (χ1v) is 11.0. The van der Waals surface area contributed by atoms with Crippen LogP contribution in [0, 0.1) is 0 Å². The van der Waals surface area contributed by atoms with Crippen LogP contribution in [-0.2, 0) is 0 Å². The molecular formula is C22H34IN5S. The minimum absolute atomic E-state index is 0. The number of nitrogens with zero attached hydrogens (tertiary/aromatic N) is 3. The first-order chi connectivity index (χ1) is 13.7. The van der Waals surface area contributed by atoms with E-state index in [1.807, 2.05) is 18.4 Å². The van der Waals surface area contributed by atoms with Gasteiger partial charge in [0.15, 0.2) is 5.96 Å². The molecule has 0 saturated carbocycles. The van der Waals surface area contributed by atoms with Crippen molar-refractivity contribution in [3.05, 3.63) is 58.3 Å². The molecule has 2 N–H and O–H groups in total. The monoisotopic (exact) mass is 527 g/mol. The van der Waals surface area contributed by atoms with E-state index in [0.717, 1.165) is 19.0 Å².